The topological polar surface area (TPSA) is 133 Å². The van der Waals surface area contributed by atoms with Gasteiger partial charge in [0.15, 0.2) is 5.70 Å². The van der Waals surface area contributed by atoms with Gasteiger partial charge in [0.25, 0.3) is 5.69 Å². The van der Waals surface area contributed by atoms with E-state index in [0.29, 0.717) is 31.5 Å². The largest absolute Gasteiger partial charge is 0.402 e. The second-order valence-corrected chi connectivity index (χ2v) is 7.06. The smallest absolute Gasteiger partial charge is 0.363 e. The number of cyclic esters (lactones) is 1. The molecular formula is C22H16ClN5O4. The van der Waals surface area contributed by atoms with Crippen LogP contribution >= 0.6 is 11.6 Å². The molecule has 0 spiro atoms. The molecule has 10 heteroatoms. The molecule has 1 heterocycles. The fourth-order valence-corrected chi connectivity index (χ4v) is 3.19. The summed E-state index contributed by atoms with van der Waals surface area (Å²) in [6.45, 7) is 1.01. The molecule has 1 aliphatic rings. The Bertz CT molecular complexity index is 1170. The number of carbonyl (C=O) groups excluding carboxylic acids is 1. The fourth-order valence-electron chi connectivity index (χ4n) is 2.99. The summed E-state index contributed by atoms with van der Waals surface area (Å²) in [5.74, 6) is -0.804. The molecule has 0 fully saturated rings. The molecule has 32 heavy (non-hydrogen) atoms. The number of carbonyl (C=O) groups is 1. The number of nitriles is 2. The number of halogens is 1. The van der Waals surface area contributed by atoms with E-state index in [1.54, 1.807) is 12.1 Å². The molecule has 0 saturated carbocycles. The number of non-ortho nitro benzene ring substituents is 1. The Kier molecular flexibility index (Phi) is 7.17. The van der Waals surface area contributed by atoms with Gasteiger partial charge in [-0.25, -0.2) is 9.79 Å². The average Bonchev–Trinajstić information content (AvgIpc) is 3.14. The van der Waals surface area contributed by atoms with Crippen molar-refractivity contribution in [1.82, 2.24) is 0 Å². The van der Waals surface area contributed by atoms with Gasteiger partial charge in [-0.2, -0.15) is 10.5 Å². The minimum absolute atomic E-state index is 0.0288. The number of rotatable bonds is 8. The number of hydrogen-bond acceptors (Lipinski definition) is 8. The van der Waals surface area contributed by atoms with E-state index >= 15 is 0 Å². The third-order valence-corrected chi connectivity index (χ3v) is 4.89. The summed E-state index contributed by atoms with van der Waals surface area (Å²) in [6, 6.07) is 15.2. The van der Waals surface area contributed by atoms with E-state index in [0.717, 1.165) is 5.69 Å². The van der Waals surface area contributed by atoms with E-state index in [1.165, 1.54) is 24.3 Å². The van der Waals surface area contributed by atoms with Crippen molar-refractivity contribution < 1.29 is 14.5 Å². The first-order valence-corrected chi connectivity index (χ1v) is 9.86. The zero-order valence-electron chi connectivity index (χ0n) is 16.7. The molecule has 1 aliphatic heterocycles. The van der Waals surface area contributed by atoms with Crippen LogP contribution in [0.25, 0.3) is 6.08 Å². The lowest BCUT2D eigenvalue weighted by atomic mass is 10.1. The van der Waals surface area contributed by atoms with Crippen LogP contribution < -0.4 is 4.90 Å². The lowest BCUT2D eigenvalue weighted by Crippen LogP contribution is -2.25. The van der Waals surface area contributed by atoms with Crippen LogP contribution in [-0.4, -0.2) is 29.9 Å². The molecule has 0 radical (unpaired) electrons. The summed E-state index contributed by atoms with van der Waals surface area (Å²) in [4.78, 5) is 28.8. The van der Waals surface area contributed by atoms with Crippen molar-refractivity contribution in [2.45, 2.75) is 12.8 Å². The van der Waals surface area contributed by atoms with Crippen LogP contribution in [0.15, 0.2) is 53.2 Å². The zero-order valence-corrected chi connectivity index (χ0v) is 17.5. The first-order valence-electron chi connectivity index (χ1n) is 9.48. The highest BCUT2D eigenvalue weighted by molar-refractivity contribution is 6.34. The van der Waals surface area contributed by atoms with Crippen LogP contribution in [-0.2, 0) is 9.53 Å². The van der Waals surface area contributed by atoms with Crippen molar-refractivity contribution >= 4 is 40.9 Å². The minimum atomic E-state index is -0.698. The molecule has 0 atom stereocenters. The first-order chi connectivity index (χ1) is 15.4. The second-order valence-electron chi connectivity index (χ2n) is 6.65. The predicted octanol–water partition coefficient (Wildman–Crippen LogP) is 4.23. The maximum atomic E-state index is 12.3. The van der Waals surface area contributed by atoms with Crippen molar-refractivity contribution in [2.24, 2.45) is 4.99 Å². The van der Waals surface area contributed by atoms with Crippen LogP contribution in [0.3, 0.4) is 0 Å². The number of nitro groups is 1. The highest BCUT2D eigenvalue weighted by Crippen LogP contribution is 2.27. The number of nitro benzene ring substituents is 1. The molecule has 0 saturated heterocycles. The summed E-state index contributed by atoms with van der Waals surface area (Å²) in [5, 5.41) is 28.8. The Balaban J connectivity index is 1.84. The van der Waals surface area contributed by atoms with Crippen molar-refractivity contribution in [1.29, 1.82) is 10.5 Å². The summed E-state index contributed by atoms with van der Waals surface area (Å²) in [5.41, 5.74) is 1.50. The van der Waals surface area contributed by atoms with Gasteiger partial charge in [0.1, 0.15) is 0 Å². The van der Waals surface area contributed by atoms with E-state index in [1.807, 2.05) is 17.0 Å². The average molecular weight is 450 g/mol. The van der Waals surface area contributed by atoms with E-state index in [9.17, 15) is 14.9 Å². The van der Waals surface area contributed by atoms with Gasteiger partial charge in [-0.1, -0.05) is 23.7 Å². The zero-order chi connectivity index (χ0) is 23.1. The van der Waals surface area contributed by atoms with Gasteiger partial charge in [-0.3, -0.25) is 10.1 Å². The molecule has 0 amide bonds. The number of hydrogen-bond donors (Lipinski definition) is 0. The number of benzene rings is 2. The number of ether oxygens (including phenoxy) is 1. The third-order valence-electron chi connectivity index (χ3n) is 4.56. The molecule has 0 unspecified atom stereocenters. The number of aliphatic imine (C=N–C) groups is 1. The van der Waals surface area contributed by atoms with Gasteiger partial charge >= 0.3 is 5.97 Å². The molecule has 9 nitrogen and oxygen atoms in total. The predicted molar refractivity (Wildman–Crippen MR) is 118 cm³/mol. The molecule has 0 aliphatic carbocycles. The maximum Gasteiger partial charge on any atom is 0.363 e. The standard InChI is InChI=1S/C22H16ClN5O4/c23-19-8-7-17(28(30)31)14-18(19)21-26-20(22(29)32-21)13-15-3-5-16(6-4-15)27(11-1-9-24)12-2-10-25/h3-8,13-14H,1-2,11-12H2/b20-13-. The highest BCUT2D eigenvalue weighted by Gasteiger charge is 2.27. The Morgan fingerprint density at radius 2 is 1.78 bits per heavy atom. The summed E-state index contributed by atoms with van der Waals surface area (Å²) < 4.78 is 5.16. The third kappa shape index (κ3) is 5.28. The molecule has 3 rings (SSSR count). The van der Waals surface area contributed by atoms with Crippen LogP contribution in [0, 0.1) is 32.8 Å². The second kappa shape index (κ2) is 10.2. The van der Waals surface area contributed by atoms with E-state index in [4.69, 9.17) is 26.9 Å². The molecule has 0 N–H and O–H groups in total. The lowest BCUT2D eigenvalue weighted by Gasteiger charge is -2.22. The van der Waals surface area contributed by atoms with Crippen molar-refractivity contribution in [3.05, 3.63) is 74.4 Å². The number of esters is 1. The van der Waals surface area contributed by atoms with Crippen molar-refractivity contribution in [2.75, 3.05) is 18.0 Å². The Hall–Kier alpha value is -4.21. The van der Waals surface area contributed by atoms with Crippen molar-refractivity contribution in [3.8, 4) is 12.1 Å². The van der Waals surface area contributed by atoms with E-state index in [2.05, 4.69) is 17.1 Å². The van der Waals surface area contributed by atoms with E-state index < -0.39 is 10.9 Å². The van der Waals surface area contributed by atoms with Gasteiger partial charge in [0.2, 0.25) is 5.90 Å². The summed E-state index contributed by atoms with van der Waals surface area (Å²) in [7, 11) is 0. The Morgan fingerprint density at radius 1 is 1.12 bits per heavy atom. The maximum absolute atomic E-state index is 12.3. The highest BCUT2D eigenvalue weighted by atomic mass is 35.5. The fraction of sp³-hybridized carbons (Fsp3) is 0.182. The van der Waals surface area contributed by atoms with Gasteiger partial charge in [0.05, 0.1) is 40.5 Å². The lowest BCUT2D eigenvalue weighted by molar-refractivity contribution is -0.384. The molecule has 160 valence electrons. The number of anilines is 1. The van der Waals surface area contributed by atoms with Gasteiger partial charge in [0, 0.05) is 30.9 Å². The van der Waals surface area contributed by atoms with Gasteiger partial charge in [-0.05, 0) is 29.8 Å². The SMILES string of the molecule is N#CCCN(CCC#N)c1ccc(/C=C2\N=C(c3cc([N+](=O)[O-])ccc3Cl)OC2=O)cc1. The van der Waals surface area contributed by atoms with Crippen LogP contribution in [0.2, 0.25) is 5.02 Å². The minimum Gasteiger partial charge on any atom is -0.402 e. The quantitative estimate of drug-likeness (QED) is 0.255. The van der Waals surface area contributed by atoms with Crippen LogP contribution in [0.1, 0.15) is 24.0 Å². The molecule has 2 aromatic rings. The van der Waals surface area contributed by atoms with Gasteiger partial charge in [-0.15, -0.1) is 0 Å². The normalized spacial score (nSPS) is 13.8. The van der Waals surface area contributed by atoms with Crippen molar-refractivity contribution in [3.63, 3.8) is 0 Å². The monoisotopic (exact) mass is 449 g/mol. The molecule has 0 bridgehead atoms. The molecule has 2 aromatic carbocycles. The van der Waals surface area contributed by atoms with Crippen LogP contribution in [0.4, 0.5) is 11.4 Å². The Morgan fingerprint density at radius 3 is 2.38 bits per heavy atom. The van der Waals surface area contributed by atoms with E-state index in [-0.39, 0.29) is 27.9 Å². The van der Waals surface area contributed by atoms with Gasteiger partial charge < -0.3 is 9.64 Å². The summed E-state index contributed by atoms with van der Waals surface area (Å²) >= 11 is 6.10. The van der Waals surface area contributed by atoms with Crippen LogP contribution in [0.5, 0.6) is 0 Å². The first kappa shape index (κ1) is 22.5. The summed E-state index contributed by atoms with van der Waals surface area (Å²) in [6.07, 6.45) is 2.20. The number of nitrogens with zero attached hydrogens (tertiary/aromatic N) is 5. The molecule has 0 aromatic heterocycles. The molecular weight excluding hydrogens is 434 g/mol. The Labute approximate surface area is 188 Å².